The van der Waals surface area contributed by atoms with Crippen molar-refractivity contribution in [1.82, 2.24) is 0 Å². The van der Waals surface area contributed by atoms with Crippen molar-refractivity contribution in [1.29, 1.82) is 0 Å². The summed E-state index contributed by atoms with van der Waals surface area (Å²) >= 11 is 0. The van der Waals surface area contributed by atoms with Gasteiger partial charge in [0, 0.05) is 6.08 Å². The van der Waals surface area contributed by atoms with Gasteiger partial charge in [-0.15, -0.1) is 0 Å². The summed E-state index contributed by atoms with van der Waals surface area (Å²) in [6.45, 7) is 2.00. The molecule has 9 heavy (non-hydrogen) atoms. The molecule has 0 rings (SSSR count). The zero-order chi connectivity index (χ0) is 7.11. The van der Waals surface area contributed by atoms with Crippen LogP contribution in [0.15, 0.2) is 24.3 Å². The van der Waals surface area contributed by atoms with Gasteiger partial charge in [0.15, 0.2) is 0 Å². The molecule has 0 saturated carbocycles. The van der Waals surface area contributed by atoms with Gasteiger partial charge >= 0.3 is 0 Å². The molecule has 0 aliphatic carbocycles. The zero-order valence-electron chi connectivity index (χ0n) is 5.40. The highest BCUT2D eigenvalue weighted by molar-refractivity contribution is 5.02. The highest BCUT2D eigenvalue weighted by Crippen LogP contribution is 1.97. The van der Waals surface area contributed by atoms with Gasteiger partial charge in [-0.25, -0.2) is 0 Å². The van der Waals surface area contributed by atoms with Gasteiger partial charge in [0.1, 0.15) is 0 Å². The van der Waals surface area contributed by atoms with Gasteiger partial charge in [-0.2, -0.15) is 8.78 Å². The van der Waals surface area contributed by atoms with E-state index in [0.717, 1.165) is 18.9 Å². The molecule has 52 valence electrons. The Hall–Kier alpha value is -0.660. The molecule has 0 aliphatic heterocycles. The topological polar surface area (TPSA) is 0 Å². The van der Waals surface area contributed by atoms with Crippen LogP contribution in [-0.4, -0.2) is 0 Å². The summed E-state index contributed by atoms with van der Waals surface area (Å²) in [7, 11) is 0. The predicted octanol–water partition coefficient (Wildman–Crippen LogP) is 3.12. The van der Waals surface area contributed by atoms with Crippen LogP contribution in [0.3, 0.4) is 0 Å². The molecule has 0 saturated heterocycles. The lowest BCUT2D eigenvalue weighted by molar-refractivity contribution is 0.422. The van der Waals surface area contributed by atoms with Crippen LogP contribution in [0.1, 0.15) is 19.8 Å². The monoisotopic (exact) mass is 132 g/mol. The molecular weight excluding hydrogens is 122 g/mol. The van der Waals surface area contributed by atoms with Gasteiger partial charge in [0.25, 0.3) is 6.08 Å². The van der Waals surface area contributed by atoms with Crippen molar-refractivity contribution in [3.63, 3.8) is 0 Å². The Morgan fingerprint density at radius 2 is 2.11 bits per heavy atom. The van der Waals surface area contributed by atoms with Crippen LogP contribution in [0, 0.1) is 0 Å². The number of hydrogen-bond acceptors (Lipinski definition) is 0. The van der Waals surface area contributed by atoms with Gasteiger partial charge in [-0.1, -0.05) is 25.5 Å². The highest BCUT2D eigenvalue weighted by Gasteiger charge is 1.79. The Kier molecular flexibility index (Phi) is 5.07. The zero-order valence-corrected chi connectivity index (χ0v) is 5.40. The van der Waals surface area contributed by atoms with Crippen molar-refractivity contribution >= 4 is 0 Å². The molecule has 0 N–H and O–H groups in total. The second kappa shape index (κ2) is 5.48. The Labute approximate surface area is 53.9 Å². The third kappa shape index (κ3) is 7.34. The molecule has 0 nitrogen and oxygen atoms in total. The summed E-state index contributed by atoms with van der Waals surface area (Å²) in [5, 5.41) is 0. The van der Waals surface area contributed by atoms with E-state index in [0.29, 0.717) is 0 Å². The first-order valence-electron chi connectivity index (χ1n) is 2.95. The lowest BCUT2D eigenvalue weighted by Crippen LogP contribution is -1.59. The van der Waals surface area contributed by atoms with E-state index in [1.54, 1.807) is 6.08 Å². The molecule has 0 spiro atoms. The van der Waals surface area contributed by atoms with Crippen LogP contribution < -0.4 is 0 Å². The minimum Gasteiger partial charge on any atom is -0.173 e. The van der Waals surface area contributed by atoms with Crippen LogP contribution in [0.4, 0.5) is 8.78 Å². The molecule has 0 aromatic heterocycles. The first-order valence-corrected chi connectivity index (χ1v) is 2.95. The number of hydrogen-bond donors (Lipinski definition) is 0. The highest BCUT2D eigenvalue weighted by atomic mass is 19.3. The van der Waals surface area contributed by atoms with Gasteiger partial charge in [-0.3, -0.25) is 0 Å². The van der Waals surface area contributed by atoms with Crippen LogP contribution >= 0.6 is 0 Å². The second-order valence-corrected chi connectivity index (χ2v) is 1.67. The normalized spacial score (nSPS) is 10.1. The smallest absolute Gasteiger partial charge is 0.173 e. The molecule has 2 heteroatoms. The van der Waals surface area contributed by atoms with E-state index in [4.69, 9.17) is 0 Å². The number of allylic oxidation sites excluding steroid dienone is 3. The van der Waals surface area contributed by atoms with Gasteiger partial charge in [0.2, 0.25) is 0 Å². The summed E-state index contributed by atoms with van der Waals surface area (Å²) < 4.78 is 22.5. The fourth-order valence-corrected chi connectivity index (χ4v) is 0.404. The molecule has 0 bridgehead atoms. The van der Waals surface area contributed by atoms with E-state index < -0.39 is 6.08 Å². The lowest BCUT2D eigenvalue weighted by atomic mass is 10.3. The van der Waals surface area contributed by atoms with E-state index in [-0.39, 0.29) is 0 Å². The average Bonchev–Trinajstić information content (AvgIpc) is 1.80. The lowest BCUT2D eigenvalue weighted by Gasteiger charge is -1.79. The fraction of sp³-hybridized carbons (Fsp3) is 0.429. The predicted molar refractivity (Wildman–Crippen MR) is 34.3 cm³/mol. The van der Waals surface area contributed by atoms with E-state index in [2.05, 4.69) is 0 Å². The molecule has 0 unspecified atom stereocenters. The van der Waals surface area contributed by atoms with Crippen molar-refractivity contribution in [3.8, 4) is 0 Å². The summed E-state index contributed by atoms with van der Waals surface area (Å²) in [5.74, 6) is 0. The van der Waals surface area contributed by atoms with Crippen LogP contribution in [-0.2, 0) is 0 Å². The molecule has 0 atom stereocenters. The Bertz CT molecular complexity index is 110. The first kappa shape index (κ1) is 8.34. The second-order valence-electron chi connectivity index (χ2n) is 1.67. The third-order valence-corrected chi connectivity index (χ3v) is 0.814. The van der Waals surface area contributed by atoms with E-state index in [9.17, 15) is 8.78 Å². The van der Waals surface area contributed by atoms with Crippen molar-refractivity contribution in [2.24, 2.45) is 0 Å². The van der Waals surface area contributed by atoms with Crippen LogP contribution in [0.2, 0.25) is 0 Å². The maximum absolute atomic E-state index is 11.3. The molecule has 0 radical (unpaired) electrons. The molecular formula is C7H10F2. The first-order chi connectivity index (χ1) is 4.27. The van der Waals surface area contributed by atoms with Crippen LogP contribution in [0.25, 0.3) is 0 Å². The minimum atomic E-state index is -1.64. The van der Waals surface area contributed by atoms with Crippen LogP contribution in [0.5, 0.6) is 0 Å². The Balaban J connectivity index is 3.35. The maximum atomic E-state index is 11.3. The van der Waals surface area contributed by atoms with Gasteiger partial charge in [0.05, 0.1) is 0 Å². The fourth-order valence-electron chi connectivity index (χ4n) is 0.404. The Morgan fingerprint density at radius 1 is 1.44 bits per heavy atom. The average molecular weight is 132 g/mol. The number of unbranched alkanes of at least 4 members (excludes halogenated alkanes) is 1. The van der Waals surface area contributed by atoms with Gasteiger partial charge in [-0.05, 0) is 6.42 Å². The van der Waals surface area contributed by atoms with Crippen molar-refractivity contribution in [3.05, 3.63) is 24.3 Å². The number of rotatable bonds is 3. The van der Waals surface area contributed by atoms with E-state index in [1.807, 2.05) is 6.92 Å². The SMILES string of the molecule is CCC/C=C/C=C(F)F. The van der Waals surface area contributed by atoms with Gasteiger partial charge < -0.3 is 0 Å². The summed E-state index contributed by atoms with van der Waals surface area (Å²) in [4.78, 5) is 0. The molecule has 0 amide bonds. The molecule has 0 aromatic rings. The molecule has 0 fully saturated rings. The number of halogens is 2. The Morgan fingerprint density at radius 3 is 2.56 bits per heavy atom. The largest absolute Gasteiger partial charge is 0.270 e. The summed E-state index contributed by atoms with van der Waals surface area (Å²) in [6.07, 6.45) is 4.12. The van der Waals surface area contributed by atoms with Crippen molar-refractivity contribution < 1.29 is 8.78 Å². The van der Waals surface area contributed by atoms with Crippen molar-refractivity contribution in [2.75, 3.05) is 0 Å². The molecule has 0 aliphatic rings. The standard InChI is InChI=1S/C7H10F2/c1-2-3-4-5-6-7(8)9/h4-6H,2-3H2,1H3/b5-4+. The molecule has 0 heterocycles. The summed E-state index contributed by atoms with van der Waals surface area (Å²) in [5.41, 5.74) is 0. The van der Waals surface area contributed by atoms with E-state index >= 15 is 0 Å². The quantitative estimate of drug-likeness (QED) is 0.517. The third-order valence-electron chi connectivity index (χ3n) is 0.814. The van der Waals surface area contributed by atoms with E-state index in [1.165, 1.54) is 6.08 Å². The molecule has 0 aromatic carbocycles. The minimum absolute atomic E-state index is 0.801. The summed E-state index contributed by atoms with van der Waals surface area (Å²) in [6, 6.07) is 0. The maximum Gasteiger partial charge on any atom is 0.270 e. The van der Waals surface area contributed by atoms with Crippen molar-refractivity contribution in [2.45, 2.75) is 19.8 Å².